The minimum absolute atomic E-state index is 0.0254. The third-order valence-corrected chi connectivity index (χ3v) is 9.56. The molecule has 2 heterocycles. The second-order valence-electron chi connectivity index (χ2n) is 7.87. The topological polar surface area (TPSA) is 61.4 Å². The molecule has 0 amide bonds. The van der Waals surface area contributed by atoms with Gasteiger partial charge in [0.2, 0.25) is 0 Å². The summed E-state index contributed by atoms with van der Waals surface area (Å²) in [5.41, 5.74) is 1.08. The second kappa shape index (κ2) is 6.82. The van der Waals surface area contributed by atoms with Gasteiger partial charge in [-0.15, -0.1) is 0 Å². The molecule has 6 heteroatoms. The van der Waals surface area contributed by atoms with E-state index < -0.39 is 8.32 Å². The summed E-state index contributed by atoms with van der Waals surface area (Å²) in [6, 6.07) is 0. The zero-order chi connectivity index (χ0) is 16.4. The maximum absolute atomic E-state index is 9.05. The summed E-state index contributed by atoms with van der Waals surface area (Å²) in [6.45, 7) is 14.5. The molecule has 1 aromatic heterocycles. The van der Waals surface area contributed by atoms with Crippen LogP contribution in [0.1, 0.15) is 45.1 Å². The zero-order valence-corrected chi connectivity index (χ0v) is 15.6. The van der Waals surface area contributed by atoms with Crippen LogP contribution in [0.3, 0.4) is 0 Å². The van der Waals surface area contributed by atoms with Crippen molar-refractivity contribution in [2.45, 2.75) is 71.0 Å². The first-order valence-electron chi connectivity index (χ1n) is 8.25. The van der Waals surface area contributed by atoms with Crippen molar-refractivity contribution in [1.29, 1.82) is 0 Å². The average molecular weight is 326 g/mol. The van der Waals surface area contributed by atoms with Crippen molar-refractivity contribution in [3.63, 3.8) is 0 Å². The first kappa shape index (κ1) is 17.7. The molecule has 1 aromatic rings. The van der Waals surface area contributed by atoms with Crippen molar-refractivity contribution in [2.75, 3.05) is 13.1 Å². The molecule has 0 unspecified atom stereocenters. The van der Waals surface area contributed by atoms with E-state index in [1.165, 1.54) is 0 Å². The Hall–Kier alpha value is -0.693. The van der Waals surface area contributed by atoms with Crippen molar-refractivity contribution in [1.82, 2.24) is 14.9 Å². The van der Waals surface area contributed by atoms with Gasteiger partial charge in [0, 0.05) is 37.6 Å². The molecule has 1 saturated heterocycles. The summed E-state index contributed by atoms with van der Waals surface area (Å²) in [6.07, 6.45) is 4.44. The van der Waals surface area contributed by atoms with Crippen molar-refractivity contribution in [3.05, 3.63) is 17.7 Å². The Bertz CT molecular complexity index is 474. The van der Waals surface area contributed by atoms with E-state index in [1.807, 2.05) is 6.20 Å². The number of piperidine rings is 1. The molecular formula is C16H31N3O2Si. The van der Waals surface area contributed by atoms with Crippen LogP contribution in [0.25, 0.3) is 0 Å². The number of hydrogen-bond acceptors (Lipinski definition) is 4. The van der Waals surface area contributed by atoms with E-state index in [0.29, 0.717) is 11.9 Å². The van der Waals surface area contributed by atoms with E-state index in [-0.39, 0.29) is 11.6 Å². The normalized spacial score (nSPS) is 18.8. The molecule has 0 saturated carbocycles. The summed E-state index contributed by atoms with van der Waals surface area (Å²) in [4.78, 5) is 9.72. The highest BCUT2D eigenvalue weighted by molar-refractivity contribution is 6.74. The summed E-state index contributed by atoms with van der Waals surface area (Å²) in [5.74, 6) is 0.645. The molecule has 0 spiro atoms. The van der Waals surface area contributed by atoms with Gasteiger partial charge in [0.25, 0.3) is 0 Å². The third kappa shape index (κ3) is 4.41. The van der Waals surface area contributed by atoms with Crippen molar-refractivity contribution >= 4 is 8.32 Å². The molecule has 0 bridgehead atoms. The Morgan fingerprint density at radius 3 is 2.50 bits per heavy atom. The maximum Gasteiger partial charge on any atom is 0.192 e. The summed E-state index contributed by atoms with van der Waals surface area (Å²) >= 11 is 0. The van der Waals surface area contributed by atoms with Gasteiger partial charge in [0.15, 0.2) is 8.32 Å². The Balaban J connectivity index is 1.80. The van der Waals surface area contributed by atoms with Gasteiger partial charge in [-0.1, -0.05) is 20.8 Å². The largest absolute Gasteiger partial charge is 0.414 e. The lowest BCUT2D eigenvalue weighted by molar-refractivity contribution is 0.0857. The van der Waals surface area contributed by atoms with Crippen LogP contribution in [0.4, 0.5) is 0 Å². The first-order chi connectivity index (χ1) is 10.2. The number of nitrogens with one attached hydrogen (secondary N) is 1. The molecule has 1 aliphatic rings. The van der Waals surface area contributed by atoms with Crippen LogP contribution in [0.15, 0.2) is 6.20 Å². The second-order valence-corrected chi connectivity index (χ2v) is 12.6. The van der Waals surface area contributed by atoms with Gasteiger partial charge in [-0.25, -0.2) is 4.98 Å². The molecule has 0 radical (unpaired) electrons. The average Bonchev–Trinajstić information content (AvgIpc) is 2.87. The summed E-state index contributed by atoms with van der Waals surface area (Å²) in [7, 11) is -1.65. The van der Waals surface area contributed by atoms with Crippen molar-refractivity contribution in [2.24, 2.45) is 0 Å². The van der Waals surface area contributed by atoms with Crippen LogP contribution in [-0.4, -0.2) is 47.5 Å². The molecule has 0 aliphatic carbocycles. The highest BCUT2D eigenvalue weighted by Gasteiger charge is 2.39. The van der Waals surface area contributed by atoms with Gasteiger partial charge in [-0.3, -0.25) is 4.90 Å². The number of aromatic amines is 1. The molecular weight excluding hydrogens is 294 g/mol. The predicted octanol–water partition coefficient (Wildman–Crippen LogP) is 2.89. The van der Waals surface area contributed by atoms with Crippen LogP contribution in [0.5, 0.6) is 0 Å². The highest BCUT2D eigenvalue weighted by Crippen LogP contribution is 2.38. The fraction of sp³-hybridized carbons (Fsp3) is 0.812. The minimum atomic E-state index is -1.65. The first-order valence-corrected chi connectivity index (χ1v) is 11.2. The van der Waals surface area contributed by atoms with E-state index in [2.05, 4.69) is 48.7 Å². The zero-order valence-electron chi connectivity index (χ0n) is 14.6. The van der Waals surface area contributed by atoms with Gasteiger partial charge < -0.3 is 14.5 Å². The highest BCUT2D eigenvalue weighted by atomic mass is 28.4. The molecule has 126 valence electrons. The Morgan fingerprint density at radius 2 is 2.00 bits per heavy atom. The predicted molar refractivity (Wildman–Crippen MR) is 91.1 cm³/mol. The number of hydrogen-bond donors (Lipinski definition) is 2. The lowest BCUT2D eigenvalue weighted by atomic mass is 10.1. The van der Waals surface area contributed by atoms with Crippen molar-refractivity contribution in [3.8, 4) is 0 Å². The molecule has 0 aromatic carbocycles. The van der Waals surface area contributed by atoms with Gasteiger partial charge in [-0.05, 0) is 31.0 Å². The quantitative estimate of drug-likeness (QED) is 0.817. The Kier molecular flexibility index (Phi) is 5.48. The van der Waals surface area contributed by atoms with Gasteiger partial charge in [0.1, 0.15) is 12.4 Å². The van der Waals surface area contributed by atoms with Crippen LogP contribution >= 0.6 is 0 Å². The number of imidazole rings is 1. The number of likely N-dealkylation sites (tertiary alicyclic amines) is 1. The number of aromatic nitrogens is 2. The lowest BCUT2D eigenvalue weighted by Crippen LogP contribution is -2.47. The monoisotopic (exact) mass is 325 g/mol. The number of aliphatic hydroxyl groups excluding tert-OH is 1. The summed E-state index contributed by atoms with van der Waals surface area (Å²) in [5, 5.41) is 9.32. The standard InChI is InChI=1S/C16H31N3O2Si/c1-16(2,3)22(4,5)21-14-6-8-19(9-7-14)11-13-10-17-15(12-20)18-13/h10,14,20H,6-9,11-12H2,1-5H3,(H,17,18). The molecule has 5 nitrogen and oxygen atoms in total. The molecule has 1 aliphatic heterocycles. The summed E-state index contributed by atoms with van der Waals surface area (Å²) < 4.78 is 6.52. The smallest absolute Gasteiger partial charge is 0.192 e. The molecule has 2 N–H and O–H groups in total. The molecule has 2 rings (SSSR count). The minimum Gasteiger partial charge on any atom is -0.414 e. The van der Waals surface area contributed by atoms with E-state index in [9.17, 15) is 0 Å². The van der Waals surface area contributed by atoms with Gasteiger partial charge in [-0.2, -0.15) is 0 Å². The fourth-order valence-electron chi connectivity index (χ4n) is 2.59. The third-order valence-electron chi connectivity index (χ3n) is 5.03. The van der Waals surface area contributed by atoms with Crippen LogP contribution in [0, 0.1) is 0 Å². The van der Waals surface area contributed by atoms with Gasteiger partial charge in [0.05, 0.1) is 0 Å². The lowest BCUT2D eigenvalue weighted by Gasteiger charge is -2.41. The molecule has 0 atom stereocenters. The van der Waals surface area contributed by atoms with Crippen LogP contribution in [-0.2, 0) is 17.6 Å². The Labute approximate surface area is 135 Å². The van der Waals surface area contributed by atoms with Crippen LogP contribution in [0.2, 0.25) is 18.1 Å². The molecule has 1 fully saturated rings. The van der Waals surface area contributed by atoms with Gasteiger partial charge >= 0.3 is 0 Å². The van der Waals surface area contributed by atoms with E-state index >= 15 is 0 Å². The maximum atomic E-state index is 9.05. The van der Waals surface area contributed by atoms with E-state index in [1.54, 1.807) is 0 Å². The number of rotatable bonds is 5. The van der Waals surface area contributed by atoms with Crippen molar-refractivity contribution < 1.29 is 9.53 Å². The number of H-pyrrole nitrogens is 1. The number of nitrogens with zero attached hydrogens (tertiary/aromatic N) is 2. The SMILES string of the molecule is CC(C)(C)[Si](C)(C)OC1CCN(Cc2cnc(CO)[nH]2)CC1. The number of aliphatic hydroxyl groups is 1. The van der Waals surface area contributed by atoms with E-state index in [0.717, 1.165) is 38.2 Å². The fourth-order valence-corrected chi connectivity index (χ4v) is 4.01. The van der Waals surface area contributed by atoms with Crippen LogP contribution < -0.4 is 0 Å². The van der Waals surface area contributed by atoms with E-state index in [4.69, 9.17) is 9.53 Å². The molecule has 22 heavy (non-hydrogen) atoms. The Morgan fingerprint density at radius 1 is 1.36 bits per heavy atom.